The number of amides is 8. The van der Waals surface area contributed by atoms with Gasteiger partial charge in [0.25, 0.3) is 0 Å². The normalized spacial score (nSPS) is 27.6. The van der Waals surface area contributed by atoms with Crippen molar-refractivity contribution in [1.29, 1.82) is 0 Å². The molecular weight excluding hydrogens is 1060 g/mol. The van der Waals surface area contributed by atoms with E-state index in [1.54, 1.807) is 0 Å². The number of aliphatic hydroxyl groups excluding tert-OH is 5. The maximum Gasteiger partial charge on any atom is 0.335 e. The molecule has 3 aliphatic heterocycles. The third kappa shape index (κ3) is 20.7. The molecule has 0 aromatic carbocycles. The Morgan fingerprint density at radius 3 is 1.81 bits per heavy atom. The summed E-state index contributed by atoms with van der Waals surface area (Å²) in [6.07, 6.45) is -3.73. The number of cyclic esters (lactones) is 1. The molecule has 0 saturated carbocycles. The predicted molar refractivity (Wildman–Crippen MR) is 280 cm³/mol. The van der Waals surface area contributed by atoms with Gasteiger partial charge in [0.1, 0.15) is 48.4 Å². The minimum atomic E-state index is -2.77. The minimum absolute atomic E-state index is 0.0309. The number of guanidine groups is 1. The number of carboxylic acid groups (broad SMARTS) is 2. The molecular formula is C50H83N11O19. The fourth-order valence-corrected chi connectivity index (χ4v) is 9.55. The van der Waals surface area contributed by atoms with Gasteiger partial charge in [0.05, 0.1) is 25.2 Å². The van der Waals surface area contributed by atoms with E-state index in [2.05, 4.69) is 34.8 Å². The lowest BCUT2D eigenvalue weighted by Crippen LogP contribution is -2.64. The maximum atomic E-state index is 14.1. The summed E-state index contributed by atoms with van der Waals surface area (Å²) in [4.78, 5) is 155. The first-order valence-corrected chi connectivity index (χ1v) is 27.2. The molecule has 0 aromatic heterocycles. The summed E-state index contributed by atoms with van der Waals surface area (Å²) >= 11 is 0. The number of rotatable bonds is 21. The molecule has 8 amide bonds. The van der Waals surface area contributed by atoms with Gasteiger partial charge in [0.2, 0.25) is 47.3 Å². The number of carbonyl (C=O) groups is 11. The number of unbranched alkanes of at least 4 members (excludes halogenated alkanes) is 7. The van der Waals surface area contributed by atoms with Crippen LogP contribution in [0.4, 0.5) is 0 Å². The highest BCUT2D eigenvalue weighted by Gasteiger charge is 2.47. The number of ether oxygens (including phenoxy) is 1. The molecule has 452 valence electrons. The molecule has 80 heavy (non-hydrogen) atoms. The van der Waals surface area contributed by atoms with E-state index in [1.807, 2.05) is 16.0 Å². The van der Waals surface area contributed by atoms with Crippen molar-refractivity contribution in [1.82, 2.24) is 41.7 Å². The second-order valence-corrected chi connectivity index (χ2v) is 20.9. The van der Waals surface area contributed by atoms with Crippen LogP contribution in [-0.2, 0) is 57.5 Å². The van der Waals surface area contributed by atoms with Crippen LogP contribution in [0.15, 0.2) is 4.99 Å². The van der Waals surface area contributed by atoms with Crippen molar-refractivity contribution in [2.75, 3.05) is 26.2 Å². The van der Waals surface area contributed by atoms with E-state index in [-0.39, 0.29) is 57.6 Å². The standard InChI is InChI=1S/C50H83N11O19/c1-25(2)15-11-9-7-5-6-8-10-12-16-28-23-33(65)57-34(27(4)63)42(70)54-26(3)45(73)60-21-14-18-31(60)41(69)55-29(17-13-20-53-50(51)52)40(68)58-35(38(66)47(75)76)43(71)56-30(24-62)46(74)61-22-19-32(64)37(61)44(72)59-36(49(79)80-28)39(67)48(77)78/h25-32,34-39,62-64,66-67H,5-24H2,1-4H3,(H,54,70)(H,55,69)(H,56,71)(H,57,65)(H,58,68)(H,59,72)(H,75,76)(H,77,78)(H4,51,52,53)/t26-,27-,28?,29+,30-,31+,32-,34-,35-,36+,37+,38-,39+/m1/s1. The van der Waals surface area contributed by atoms with E-state index in [0.29, 0.717) is 23.7 Å². The number of carboxylic acids is 2. The van der Waals surface area contributed by atoms with Gasteiger partial charge in [-0.2, -0.15) is 0 Å². The lowest BCUT2D eigenvalue weighted by Gasteiger charge is -2.32. The largest absolute Gasteiger partial charge is 0.479 e. The molecule has 1 unspecified atom stereocenters. The zero-order valence-electron chi connectivity index (χ0n) is 45.8. The number of carbonyl (C=O) groups excluding carboxylic acids is 9. The molecule has 0 bridgehead atoms. The fraction of sp³-hybridized carbons (Fsp3) is 0.760. The van der Waals surface area contributed by atoms with Crippen molar-refractivity contribution in [2.45, 2.75) is 209 Å². The molecule has 0 aliphatic carbocycles. The Labute approximate surface area is 462 Å². The minimum Gasteiger partial charge on any atom is -0.479 e. The van der Waals surface area contributed by atoms with Crippen LogP contribution in [0.5, 0.6) is 0 Å². The quantitative estimate of drug-likeness (QED) is 0.0222. The highest BCUT2D eigenvalue weighted by Crippen LogP contribution is 2.23. The van der Waals surface area contributed by atoms with E-state index >= 15 is 0 Å². The summed E-state index contributed by atoms with van der Waals surface area (Å²) in [5.41, 5.74) is 10.9. The zero-order chi connectivity index (χ0) is 60.0. The van der Waals surface area contributed by atoms with Gasteiger partial charge < -0.3 is 93.7 Å². The van der Waals surface area contributed by atoms with Crippen molar-refractivity contribution in [3.63, 3.8) is 0 Å². The monoisotopic (exact) mass is 1140 g/mol. The van der Waals surface area contributed by atoms with E-state index in [9.17, 15) is 88.5 Å². The fourth-order valence-electron chi connectivity index (χ4n) is 9.55. The number of esters is 1. The first-order valence-electron chi connectivity index (χ1n) is 27.2. The molecule has 30 heteroatoms. The topological polar surface area (TPSA) is 482 Å². The smallest absolute Gasteiger partial charge is 0.335 e. The van der Waals surface area contributed by atoms with Crippen LogP contribution in [0.3, 0.4) is 0 Å². The number of aliphatic carboxylic acids is 2. The number of aliphatic imine (C=N–C) groups is 1. The number of nitrogens with one attached hydrogen (secondary N) is 6. The van der Waals surface area contributed by atoms with Gasteiger partial charge in [0.15, 0.2) is 24.2 Å². The van der Waals surface area contributed by atoms with Crippen molar-refractivity contribution in [2.24, 2.45) is 22.4 Å². The van der Waals surface area contributed by atoms with Crippen LogP contribution in [0.2, 0.25) is 0 Å². The maximum absolute atomic E-state index is 14.1. The van der Waals surface area contributed by atoms with Gasteiger partial charge in [-0.05, 0) is 64.7 Å². The molecule has 3 heterocycles. The highest BCUT2D eigenvalue weighted by molar-refractivity contribution is 6.00. The lowest BCUT2D eigenvalue weighted by molar-refractivity contribution is -0.165. The Hall–Kier alpha value is -6.76. The Balaban J connectivity index is 2.10. The first kappa shape index (κ1) is 67.5. The first-order chi connectivity index (χ1) is 37.7. The zero-order valence-corrected chi connectivity index (χ0v) is 45.8. The molecule has 0 aromatic rings. The average molecular weight is 1140 g/mol. The predicted octanol–water partition coefficient (Wildman–Crippen LogP) is -4.94. The molecule has 13 atom stereocenters. The Morgan fingerprint density at radius 2 is 1.23 bits per heavy atom. The number of aliphatic hydroxyl groups is 5. The molecule has 17 N–H and O–H groups in total. The van der Waals surface area contributed by atoms with Crippen LogP contribution in [0, 0.1) is 5.92 Å². The summed E-state index contributed by atoms with van der Waals surface area (Å²) in [5.74, 6) is -14.9. The number of nitrogens with two attached hydrogens (primary N) is 2. The third-order valence-corrected chi connectivity index (χ3v) is 14.0. The molecule has 3 fully saturated rings. The van der Waals surface area contributed by atoms with Crippen molar-refractivity contribution >= 4 is 71.1 Å². The third-order valence-electron chi connectivity index (χ3n) is 14.0. The number of hydrogen-bond donors (Lipinski definition) is 15. The van der Waals surface area contributed by atoms with Crippen LogP contribution < -0.4 is 43.4 Å². The molecule has 0 radical (unpaired) electrons. The Morgan fingerprint density at radius 1 is 0.650 bits per heavy atom. The number of nitrogens with zero attached hydrogens (tertiary/aromatic N) is 3. The average Bonchev–Trinajstić information content (AvgIpc) is 4.05. The van der Waals surface area contributed by atoms with Crippen LogP contribution >= 0.6 is 0 Å². The molecule has 3 saturated heterocycles. The van der Waals surface area contributed by atoms with Gasteiger partial charge in [0, 0.05) is 19.6 Å². The van der Waals surface area contributed by atoms with E-state index in [4.69, 9.17) is 16.2 Å². The van der Waals surface area contributed by atoms with Gasteiger partial charge in [-0.1, -0.05) is 65.2 Å². The molecule has 3 aliphatic rings. The van der Waals surface area contributed by atoms with Crippen LogP contribution in [0.25, 0.3) is 0 Å². The van der Waals surface area contributed by atoms with Crippen LogP contribution in [-0.4, -0.2) is 222 Å². The SMILES string of the molecule is CC(C)CCCCCCCCCCC1CC(=O)N[C@H]([C@@H](C)O)C(=O)N[C@H](C)C(=O)N2CCC[C@H]2C(=O)N[C@@H](CCCN=C(N)N)C(=O)N[C@H]([C@@H](O)C(=O)O)C(=O)N[C@H](CO)C(=O)N2CC[C@@H](O)[C@H]2C(=O)N[C@@H]([C@H](O)C(=O)O)C(=O)O1. The van der Waals surface area contributed by atoms with E-state index in [0.717, 1.165) is 56.8 Å². The van der Waals surface area contributed by atoms with Crippen molar-refractivity contribution < 1.29 is 93.2 Å². The van der Waals surface area contributed by atoms with Crippen molar-refractivity contribution in [3.8, 4) is 0 Å². The summed E-state index contributed by atoms with van der Waals surface area (Å²) < 4.78 is 5.61. The van der Waals surface area contributed by atoms with E-state index < -0.39 is 164 Å². The van der Waals surface area contributed by atoms with Gasteiger partial charge >= 0.3 is 17.9 Å². The molecule has 0 spiro atoms. The summed E-state index contributed by atoms with van der Waals surface area (Å²) in [5, 5.41) is 86.6. The van der Waals surface area contributed by atoms with Gasteiger partial charge in [-0.15, -0.1) is 0 Å². The number of fused-ring (bicyclic) bond motifs is 2. The Kier molecular flexibility index (Phi) is 27.9. The lowest BCUT2D eigenvalue weighted by atomic mass is 10.0. The van der Waals surface area contributed by atoms with Crippen LogP contribution in [0.1, 0.15) is 130 Å². The van der Waals surface area contributed by atoms with Crippen molar-refractivity contribution in [3.05, 3.63) is 0 Å². The second kappa shape index (κ2) is 33.1. The van der Waals surface area contributed by atoms with E-state index in [1.165, 1.54) is 6.92 Å². The Bertz CT molecular complexity index is 2200. The number of hydrogen-bond acceptors (Lipinski definition) is 18. The highest BCUT2D eigenvalue weighted by atomic mass is 16.5. The van der Waals surface area contributed by atoms with Gasteiger partial charge in [-0.3, -0.25) is 43.3 Å². The summed E-state index contributed by atoms with van der Waals surface area (Å²) in [7, 11) is 0. The molecule has 30 nitrogen and oxygen atoms in total. The summed E-state index contributed by atoms with van der Waals surface area (Å²) in [6.45, 7) is 4.79. The summed E-state index contributed by atoms with van der Waals surface area (Å²) in [6, 6.07) is -15.3. The molecule has 3 rings (SSSR count). The van der Waals surface area contributed by atoms with Gasteiger partial charge in [-0.25, -0.2) is 14.4 Å². The second-order valence-electron chi connectivity index (χ2n) is 20.9.